The lowest BCUT2D eigenvalue weighted by Crippen LogP contribution is -2.21. The van der Waals surface area contributed by atoms with Crippen LogP contribution in [0.5, 0.6) is 0 Å². The van der Waals surface area contributed by atoms with E-state index in [4.69, 9.17) is 22.9 Å². The average molecular weight is 282 g/mol. The Morgan fingerprint density at radius 2 is 1.22 bits per heavy atom. The van der Waals surface area contributed by atoms with Crippen molar-refractivity contribution in [3.8, 4) is 11.4 Å². The van der Waals surface area contributed by atoms with Gasteiger partial charge in [-0.3, -0.25) is 0 Å². The molecule has 2 rings (SSSR count). The van der Waals surface area contributed by atoms with Gasteiger partial charge in [0.25, 0.3) is 0 Å². The summed E-state index contributed by atoms with van der Waals surface area (Å²) in [5.74, 6) is -0.0641. The van der Waals surface area contributed by atoms with E-state index >= 15 is 0 Å². The summed E-state index contributed by atoms with van der Waals surface area (Å²) >= 11 is 2.63. The van der Waals surface area contributed by atoms with E-state index in [0.717, 1.165) is 0 Å². The van der Waals surface area contributed by atoms with E-state index in [1.807, 2.05) is 0 Å². The first kappa shape index (κ1) is 12.3. The van der Waals surface area contributed by atoms with Gasteiger partial charge >= 0.3 is 0 Å². The molecule has 2 aromatic rings. The number of nitrogens with zero attached hydrogens (tertiary/aromatic N) is 4. The van der Waals surface area contributed by atoms with Crippen LogP contribution in [-0.2, 0) is 0 Å². The van der Waals surface area contributed by atoms with Gasteiger partial charge in [-0.05, 0) is 0 Å². The highest BCUT2D eigenvalue weighted by molar-refractivity contribution is 7.14. The van der Waals surface area contributed by atoms with Crippen LogP contribution in [0.1, 0.15) is 0 Å². The fourth-order valence-electron chi connectivity index (χ4n) is 1.09. The molecule has 8 N–H and O–H groups in total. The Kier molecular flexibility index (Phi) is 3.39. The largest absolute Gasteiger partial charge is 0.370 e. The van der Waals surface area contributed by atoms with Crippen molar-refractivity contribution in [3.63, 3.8) is 0 Å². The van der Waals surface area contributed by atoms with E-state index < -0.39 is 0 Å². The van der Waals surface area contributed by atoms with Gasteiger partial charge in [-0.25, -0.2) is 9.97 Å². The first-order valence-corrected chi connectivity index (χ1v) is 6.41. The highest BCUT2D eigenvalue weighted by Gasteiger charge is 2.08. The van der Waals surface area contributed by atoms with E-state index in [-0.39, 0.29) is 11.9 Å². The summed E-state index contributed by atoms with van der Waals surface area (Å²) in [6, 6.07) is 0. The van der Waals surface area contributed by atoms with Crippen molar-refractivity contribution in [2.45, 2.75) is 0 Å². The molecule has 0 bridgehead atoms. The third-order valence-electron chi connectivity index (χ3n) is 1.70. The van der Waals surface area contributed by atoms with E-state index in [1.165, 1.54) is 22.7 Å². The van der Waals surface area contributed by atoms with Gasteiger partial charge < -0.3 is 22.9 Å². The van der Waals surface area contributed by atoms with Crippen molar-refractivity contribution in [2.24, 2.45) is 32.9 Å². The topological polar surface area (TPSA) is 155 Å². The number of rotatable bonds is 3. The predicted octanol–water partition coefficient (Wildman–Crippen LogP) is 0.0764. The maximum absolute atomic E-state index is 5.27. The maximum Gasteiger partial charge on any atom is 0.212 e. The molecule has 0 saturated carbocycles. The van der Waals surface area contributed by atoms with Crippen LogP contribution in [0.4, 0.5) is 10.3 Å². The summed E-state index contributed by atoms with van der Waals surface area (Å²) in [5.41, 5.74) is 22.4. The molecule has 10 heteroatoms. The number of guanidine groups is 2. The molecule has 0 aromatic carbocycles. The van der Waals surface area contributed by atoms with Crippen LogP contribution in [0, 0.1) is 0 Å². The third-order valence-corrected chi connectivity index (χ3v) is 3.17. The van der Waals surface area contributed by atoms with Crippen LogP contribution in [-0.4, -0.2) is 21.9 Å². The molecular weight excluding hydrogens is 272 g/mol. The van der Waals surface area contributed by atoms with Gasteiger partial charge in [0.05, 0.1) is 0 Å². The number of aromatic nitrogens is 2. The first-order chi connectivity index (χ1) is 8.54. The quantitative estimate of drug-likeness (QED) is 0.461. The minimum absolute atomic E-state index is 0.0321. The van der Waals surface area contributed by atoms with Crippen LogP contribution >= 0.6 is 22.7 Å². The first-order valence-electron chi connectivity index (χ1n) is 4.65. The zero-order chi connectivity index (χ0) is 13.1. The second-order valence-corrected chi connectivity index (χ2v) is 4.78. The summed E-state index contributed by atoms with van der Waals surface area (Å²) in [6.45, 7) is 0. The molecule has 0 radical (unpaired) electrons. The van der Waals surface area contributed by atoms with Crippen LogP contribution in [0.25, 0.3) is 11.4 Å². The Hall–Kier alpha value is -2.20. The number of nitrogens with two attached hydrogens (primary N) is 4. The fraction of sp³-hybridized carbons (Fsp3) is 0. The van der Waals surface area contributed by atoms with Crippen molar-refractivity contribution in [3.05, 3.63) is 10.8 Å². The number of hydrogen-bond donors (Lipinski definition) is 4. The molecule has 0 amide bonds. The van der Waals surface area contributed by atoms with Gasteiger partial charge in [0.15, 0.2) is 11.9 Å². The molecule has 0 fully saturated rings. The molecule has 0 spiro atoms. The van der Waals surface area contributed by atoms with Crippen molar-refractivity contribution in [1.29, 1.82) is 0 Å². The molecule has 0 aliphatic carbocycles. The highest BCUT2D eigenvalue weighted by Crippen LogP contribution is 2.29. The monoisotopic (exact) mass is 282 g/mol. The molecule has 8 nitrogen and oxygen atoms in total. The van der Waals surface area contributed by atoms with Crippen molar-refractivity contribution in [2.75, 3.05) is 0 Å². The SMILES string of the molecule is NC(N)=Nc1nc(-c2csc(N=C(N)N)n2)cs1. The summed E-state index contributed by atoms with van der Waals surface area (Å²) in [4.78, 5) is 16.1. The minimum atomic E-state index is -0.0321. The summed E-state index contributed by atoms with van der Waals surface area (Å²) < 4.78 is 0. The van der Waals surface area contributed by atoms with Crippen LogP contribution < -0.4 is 22.9 Å². The summed E-state index contributed by atoms with van der Waals surface area (Å²) in [5, 5.41) is 4.55. The second kappa shape index (κ2) is 4.98. The van der Waals surface area contributed by atoms with Gasteiger partial charge in [0.2, 0.25) is 10.3 Å². The molecule has 18 heavy (non-hydrogen) atoms. The van der Waals surface area contributed by atoms with Gasteiger partial charge in [0, 0.05) is 10.8 Å². The van der Waals surface area contributed by atoms with E-state index in [1.54, 1.807) is 10.8 Å². The van der Waals surface area contributed by atoms with Crippen molar-refractivity contribution >= 4 is 44.9 Å². The smallest absolute Gasteiger partial charge is 0.212 e. The molecular formula is C8H10N8S2. The van der Waals surface area contributed by atoms with Crippen molar-refractivity contribution < 1.29 is 0 Å². The average Bonchev–Trinajstić information content (AvgIpc) is 2.85. The van der Waals surface area contributed by atoms with Gasteiger partial charge in [-0.15, -0.1) is 22.7 Å². The fourth-order valence-corrected chi connectivity index (χ4v) is 2.49. The van der Waals surface area contributed by atoms with Gasteiger partial charge in [-0.1, -0.05) is 0 Å². The second-order valence-electron chi connectivity index (χ2n) is 3.10. The standard InChI is InChI=1S/C8H10N8S2/c9-5(10)15-7-13-3(1-17-7)4-2-18-8(14-4)16-6(11)12/h1-2H,(H4,9,10,13,15)(H4,11,12,14,16). The highest BCUT2D eigenvalue weighted by atomic mass is 32.1. The van der Waals surface area contributed by atoms with Crippen LogP contribution in [0.15, 0.2) is 20.7 Å². The zero-order valence-corrected chi connectivity index (χ0v) is 10.7. The van der Waals surface area contributed by atoms with Gasteiger partial charge in [-0.2, -0.15) is 9.98 Å². The van der Waals surface area contributed by atoms with Crippen molar-refractivity contribution in [1.82, 2.24) is 9.97 Å². The molecule has 2 heterocycles. The molecule has 0 aliphatic rings. The van der Waals surface area contributed by atoms with E-state index in [9.17, 15) is 0 Å². The molecule has 0 unspecified atom stereocenters. The predicted molar refractivity (Wildman–Crippen MR) is 74.2 cm³/mol. The molecule has 0 aliphatic heterocycles. The Labute approximate surface area is 110 Å². The maximum atomic E-state index is 5.27. The van der Waals surface area contributed by atoms with E-state index in [2.05, 4.69) is 20.0 Å². The Bertz CT molecular complexity index is 548. The summed E-state index contributed by atoms with van der Waals surface area (Å²) in [7, 11) is 0. The number of thiazole rings is 2. The molecule has 0 saturated heterocycles. The van der Waals surface area contributed by atoms with E-state index in [0.29, 0.717) is 21.7 Å². The lowest BCUT2D eigenvalue weighted by molar-refractivity contribution is 1.28. The molecule has 0 atom stereocenters. The Morgan fingerprint density at radius 1 is 0.833 bits per heavy atom. The van der Waals surface area contributed by atoms with Crippen LogP contribution in [0.3, 0.4) is 0 Å². The molecule has 94 valence electrons. The summed E-state index contributed by atoms with van der Waals surface area (Å²) in [6.07, 6.45) is 0. The lowest BCUT2D eigenvalue weighted by Gasteiger charge is -1.88. The molecule has 2 aromatic heterocycles. The number of hydrogen-bond acceptors (Lipinski definition) is 6. The Morgan fingerprint density at radius 3 is 1.56 bits per heavy atom. The Balaban J connectivity index is 2.27. The van der Waals surface area contributed by atoms with Crippen LogP contribution in [0.2, 0.25) is 0 Å². The minimum Gasteiger partial charge on any atom is -0.370 e. The third kappa shape index (κ3) is 2.93. The zero-order valence-electron chi connectivity index (χ0n) is 9.07. The number of aliphatic imine (C=N–C) groups is 2. The normalized spacial score (nSPS) is 10.0. The van der Waals surface area contributed by atoms with Gasteiger partial charge in [0.1, 0.15) is 11.4 Å². The lowest BCUT2D eigenvalue weighted by atomic mass is 10.4.